The second-order valence-corrected chi connectivity index (χ2v) is 9.49. The van der Waals surface area contributed by atoms with Crippen molar-refractivity contribution in [2.75, 3.05) is 39.0 Å². The third-order valence-electron chi connectivity index (χ3n) is 5.37. The smallest absolute Gasteiger partial charge is 0.191 e. The van der Waals surface area contributed by atoms with Crippen LogP contribution in [0.3, 0.4) is 0 Å². The van der Waals surface area contributed by atoms with E-state index >= 15 is 0 Å². The van der Waals surface area contributed by atoms with Crippen molar-refractivity contribution < 1.29 is 4.21 Å². The number of nitrogens with one attached hydrogen (secondary N) is 2. The predicted molar refractivity (Wildman–Crippen MR) is 137 cm³/mol. The Morgan fingerprint density at radius 1 is 1.10 bits per heavy atom. The van der Waals surface area contributed by atoms with Gasteiger partial charge in [-0.05, 0) is 37.4 Å². The van der Waals surface area contributed by atoms with Crippen LogP contribution in [-0.2, 0) is 16.6 Å². The van der Waals surface area contributed by atoms with Crippen molar-refractivity contribution in [3.8, 4) is 0 Å². The molecule has 0 saturated carbocycles. The first-order valence-electron chi connectivity index (χ1n) is 10.7. The number of hydrogen-bond acceptors (Lipinski definition) is 3. The quantitative estimate of drug-likeness (QED) is 0.289. The molecule has 166 valence electrons. The van der Waals surface area contributed by atoms with Crippen LogP contribution in [0.25, 0.3) is 0 Å². The lowest BCUT2D eigenvalue weighted by atomic mass is 10.0. The maximum atomic E-state index is 12.3. The Balaban J connectivity index is 0.00000420. The molecule has 2 N–H and O–H groups in total. The van der Waals surface area contributed by atoms with Crippen LogP contribution in [0.4, 0.5) is 0 Å². The van der Waals surface area contributed by atoms with Gasteiger partial charge in [0.1, 0.15) is 0 Å². The van der Waals surface area contributed by atoms with Gasteiger partial charge in [0, 0.05) is 48.5 Å². The fraction of sp³-hybridized carbons (Fsp3) is 0.682. The van der Waals surface area contributed by atoms with E-state index in [-0.39, 0.29) is 24.0 Å². The summed E-state index contributed by atoms with van der Waals surface area (Å²) in [6, 6.07) is 10.5. The molecule has 1 fully saturated rings. The Labute approximate surface area is 197 Å². The zero-order valence-corrected chi connectivity index (χ0v) is 21.4. The van der Waals surface area contributed by atoms with E-state index < -0.39 is 10.8 Å². The third-order valence-corrected chi connectivity index (χ3v) is 6.69. The lowest BCUT2D eigenvalue weighted by Crippen LogP contribution is -2.50. The number of halogens is 1. The summed E-state index contributed by atoms with van der Waals surface area (Å²) in [6.07, 6.45) is 5.34. The number of guanidine groups is 1. The topological polar surface area (TPSA) is 56.7 Å². The zero-order valence-electron chi connectivity index (χ0n) is 18.2. The van der Waals surface area contributed by atoms with Gasteiger partial charge in [0.2, 0.25) is 0 Å². The van der Waals surface area contributed by atoms with Gasteiger partial charge in [0.05, 0.1) is 0 Å². The molecule has 1 aromatic rings. The van der Waals surface area contributed by atoms with Gasteiger partial charge in [-0.1, -0.05) is 57.0 Å². The van der Waals surface area contributed by atoms with Crippen LogP contribution >= 0.6 is 24.0 Å². The SMILES string of the molecule is CN=C(NCCS(=O)Cc1ccccc1)NCC(C(C)C)N1CCCCCC1.I. The van der Waals surface area contributed by atoms with Crippen molar-refractivity contribution in [1.29, 1.82) is 0 Å². The van der Waals surface area contributed by atoms with Crippen molar-refractivity contribution in [3.63, 3.8) is 0 Å². The normalized spacial score (nSPS) is 17.9. The Bertz CT molecular complexity index is 604. The van der Waals surface area contributed by atoms with Gasteiger partial charge >= 0.3 is 0 Å². The summed E-state index contributed by atoms with van der Waals surface area (Å²) in [7, 11) is 0.929. The molecule has 1 aromatic carbocycles. The van der Waals surface area contributed by atoms with E-state index in [4.69, 9.17) is 0 Å². The summed E-state index contributed by atoms with van der Waals surface area (Å²) in [6.45, 7) is 8.57. The molecule has 2 atom stereocenters. The molecule has 2 rings (SSSR count). The van der Waals surface area contributed by atoms with E-state index in [1.165, 1.54) is 38.8 Å². The summed E-state index contributed by atoms with van der Waals surface area (Å²) < 4.78 is 12.3. The van der Waals surface area contributed by atoms with Gasteiger partial charge < -0.3 is 10.6 Å². The van der Waals surface area contributed by atoms with Crippen LogP contribution in [0.1, 0.15) is 45.1 Å². The lowest BCUT2D eigenvalue weighted by Gasteiger charge is -2.34. The van der Waals surface area contributed by atoms with Crippen molar-refractivity contribution in [3.05, 3.63) is 35.9 Å². The molecule has 1 aliphatic rings. The van der Waals surface area contributed by atoms with E-state index in [1.807, 2.05) is 30.3 Å². The first kappa shape index (κ1) is 26.4. The Morgan fingerprint density at radius 3 is 2.34 bits per heavy atom. The minimum Gasteiger partial charge on any atom is -0.355 e. The number of nitrogens with zero attached hydrogens (tertiary/aromatic N) is 2. The van der Waals surface area contributed by atoms with E-state index in [1.54, 1.807) is 7.05 Å². The molecule has 1 aliphatic heterocycles. The minimum atomic E-state index is -0.869. The van der Waals surface area contributed by atoms with E-state index in [0.717, 1.165) is 18.1 Å². The molecular formula is C22H39IN4OS. The molecule has 0 spiro atoms. The molecule has 0 aliphatic carbocycles. The first-order valence-corrected chi connectivity index (χ1v) is 12.2. The highest BCUT2D eigenvalue weighted by molar-refractivity contribution is 14.0. The molecule has 1 heterocycles. The van der Waals surface area contributed by atoms with E-state index in [2.05, 4.69) is 34.4 Å². The molecule has 1 saturated heterocycles. The van der Waals surface area contributed by atoms with Crippen LogP contribution in [0.2, 0.25) is 0 Å². The number of likely N-dealkylation sites (tertiary alicyclic amines) is 1. The highest BCUT2D eigenvalue weighted by atomic mass is 127. The van der Waals surface area contributed by atoms with Gasteiger partial charge in [-0.15, -0.1) is 24.0 Å². The average molecular weight is 535 g/mol. The first-order chi connectivity index (χ1) is 13.6. The molecule has 0 amide bonds. The average Bonchev–Trinajstić information content (AvgIpc) is 2.96. The molecule has 5 nitrogen and oxygen atoms in total. The maximum Gasteiger partial charge on any atom is 0.191 e. The van der Waals surface area contributed by atoms with Crippen molar-refractivity contribution in [2.45, 2.75) is 51.3 Å². The summed E-state index contributed by atoms with van der Waals surface area (Å²) in [4.78, 5) is 6.99. The molecule has 2 unspecified atom stereocenters. The largest absolute Gasteiger partial charge is 0.355 e. The van der Waals surface area contributed by atoms with Crippen LogP contribution in [0.5, 0.6) is 0 Å². The molecule has 0 bridgehead atoms. The van der Waals surface area contributed by atoms with Crippen LogP contribution < -0.4 is 10.6 Å². The molecular weight excluding hydrogens is 495 g/mol. The standard InChI is InChI=1S/C22H38N4OS.HI/c1-19(2)21(26-14-9-4-5-10-15-26)17-25-22(23-3)24-13-16-28(27)18-20-11-7-6-8-12-20;/h6-8,11-12,19,21H,4-5,9-10,13-18H2,1-3H3,(H2,23,24,25);1H. The van der Waals surface area contributed by atoms with E-state index in [0.29, 0.717) is 30.0 Å². The number of hydrogen-bond donors (Lipinski definition) is 2. The van der Waals surface area contributed by atoms with Crippen molar-refractivity contribution in [1.82, 2.24) is 15.5 Å². The van der Waals surface area contributed by atoms with Crippen LogP contribution in [0, 0.1) is 5.92 Å². The van der Waals surface area contributed by atoms with Crippen LogP contribution in [0.15, 0.2) is 35.3 Å². The lowest BCUT2D eigenvalue weighted by molar-refractivity contribution is 0.161. The molecule has 29 heavy (non-hydrogen) atoms. The summed E-state index contributed by atoms with van der Waals surface area (Å²) >= 11 is 0. The summed E-state index contributed by atoms with van der Waals surface area (Å²) in [5.41, 5.74) is 1.13. The van der Waals surface area contributed by atoms with Crippen LogP contribution in [-0.4, -0.2) is 60.1 Å². The summed E-state index contributed by atoms with van der Waals surface area (Å²) in [5.74, 6) is 2.63. The Hall–Kier alpha value is -0.670. The number of aliphatic imine (C=N–C) groups is 1. The minimum absolute atomic E-state index is 0. The fourth-order valence-corrected chi connectivity index (χ4v) is 4.79. The number of rotatable bonds is 9. The van der Waals surface area contributed by atoms with Gasteiger partial charge in [-0.3, -0.25) is 14.1 Å². The fourth-order valence-electron chi connectivity index (χ4n) is 3.75. The van der Waals surface area contributed by atoms with Gasteiger partial charge in [0.25, 0.3) is 0 Å². The second-order valence-electron chi connectivity index (χ2n) is 7.92. The molecule has 0 aromatic heterocycles. The predicted octanol–water partition coefficient (Wildman–Crippen LogP) is 3.62. The Kier molecular flexibility index (Phi) is 13.8. The van der Waals surface area contributed by atoms with Crippen molar-refractivity contribution >= 4 is 40.7 Å². The van der Waals surface area contributed by atoms with Gasteiger partial charge in [-0.25, -0.2) is 0 Å². The Morgan fingerprint density at radius 2 is 1.76 bits per heavy atom. The monoisotopic (exact) mass is 534 g/mol. The number of benzene rings is 1. The summed E-state index contributed by atoms with van der Waals surface area (Å²) in [5, 5.41) is 6.81. The highest BCUT2D eigenvalue weighted by Crippen LogP contribution is 2.17. The van der Waals surface area contributed by atoms with Gasteiger partial charge in [0.15, 0.2) is 5.96 Å². The molecule has 7 heteroatoms. The maximum absolute atomic E-state index is 12.3. The third kappa shape index (κ3) is 10.3. The highest BCUT2D eigenvalue weighted by Gasteiger charge is 2.22. The van der Waals surface area contributed by atoms with E-state index in [9.17, 15) is 4.21 Å². The van der Waals surface area contributed by atoms with Gasteiger partial charge in [-0.2, -0.15) is 0 Å². The zero-order chi connectivity index (χ0) is 20.2. The molecule has 0 radical (unpaired) electrons. The second kappa shape index (κ2) is 15.2. The van der Waals surface area contributed by atoms with Crippen molar-refractivity contribution in [2.24, 2.45) is 10.9 Å².